The van der Waals surface area contributed by atoms with E-state index in [-0.39, 0.29) is 46.2 Å². The van der Waals surface area contributed by atoms with Crippen LogP contribution in [0.3, 0.4) is 0 Å². The Morgan fingerprint density at radius 3 is 2.24 bits per heavy atom. The fourth-order valence-electron chi connectivity index (χ4n) is 7.28. The van der Waals surface area contributed by atoms with E-state index in [2.05, 4.69) is 18.9 Å². The van der Waals surface area contributed by atoms with E-state index in [1.54, 1.807) is 13.0 Å². The number of carbonyl (C=O) groups is 3. The summed E-state index contributed by atoms with van der Waals surface area (Å²) in [6.07, 6.45) is -2.23. The molecule has 1 aromatic carbocycles. The third-order valence-electron chi connectivity index (χ3n) is 9.70. The van der Waals surface area contributed by atoms with Gasteiger partial charge in [0, 0.05) is 6.04 Å². The molecular formula is C29H32Cl2F3N3O4. The van der Waals surface area contributed by atoms with Gasteiger partial charge in [-0.2, -0.15) is 18.3 Å². The number of Topliss-reactive ketones (excluding diaryl/α,β-unsaturated/α-hetero) is 1. The number of nitrogens with zero attached hydrogens (tertiary/aromatic N) is 3. The fraction of sp³-hybridized carbons (Fsp3) is 0.586. The highest BCUT2D eigenvalue weighted by atomic mass is 35.5. The van der Waals surface area contributed by atoms with Crippen LogP contribution in [-0.2, 0) is 11.0 Å². The number of rotatable bonds is 7. The molecule has 1 N–H and O–H groups in total. The Bertz CT molecular complexity index is 1360. The summed E-state index contributed by atoms with van der Waals surface area (Å²) in [5.41, 5.74) is -1.68. The van der Waals surface area contributed by atoms with Gasteiger partial charge in [-0.25, -0.2) is 0 Å². The second kappa shape index (κ2) is 10.6. The number of carbonyl (C=O) groups excluding carboxylic acids is 2. The van der Waals surface area contributed by atoms with Gasteiger partial charge in [-0.15, -0.1) is 0 Å². The van der Waals surface area contributed by atoms with Gasteiger partial charge in [0.05, 0.1) is 45.9 Å². The number of amides is 1. The Morgan fingerprint density at radius 1 is 1.10 bits per heavy atom. The Morgan fingerprint density at radius 2 is 1.71 bits per heavy atom. The van der Waals surface area contributed by atoms with E-state index in [9.17, 15) is 32.7 Å². The molecule has 3 fully saturated rings. The Labute approximate surface area is 246 Å². The predicted molar refractivity (Wildman–Crippen MR) is 146 cm³/mol. The van der Waals surface area contributed by atoms with Gasteiger partial charge in [-0.05, 0) is 67.4 Å². The molecule has 12 heteroatoms. The van der Waals surface area contributed by atoms with Gasteiger partial charge in [-0.1, -0.05) is 50.0 Å². The zero-order valence-corrected chi connectivity index (χ0v) is 24.4. The molecule has 222 valence electrons. The van der Waals surface area contributed by atoms with Crippen LogP contribution < -0.4 is 0 Å². The number of aliphatic carboxylic acids is 1. The molecule has 1 heterocycles. The second-order valence-corrected chi connectivity index (χ2v) is 13.2. The van der Waals surface area contributed by atoms with Crippen molar-refractivity contribution < 1.29 is 32.7 Å². The van der Waals surface area contributed by atoms with Crippen molar-refractivity contribution in [3.05, 3.63) is 51.3 Å². The van der Waals surface area contributed by atoms with E-state index in [0.29, 0.717) is 24.7 Å². The quantitative estimate of drug-likeness (QED) is 0.338. The van der Waals surface area contributed by atoms with Crippen LogP contribution in [0.1, 0.15) is 85.3 Å². The van der Waals surface area contributed by atoms with Gasteiger partial charge >= 0.3 is 12.1 Å². The summed E-state index contributed by atoms with van der Waals surface area (Å²) in [7, 11) is 0. The second-order valence-electron chi connectivity index (χ2n) is 12.4. The molecule has 0 saturated heterocycles. The maximum Gasteiger partial charge on any atom is 0.433 e. The number of benzene rings is 1. The van der Waals surface area contributed by atoms with Crippen molar-refractivity contribution in [2.45, 2.75) is 71.1 Å². The molecule has 2 aromatic rings. The Hall–Kier alpha value is -2.59. The standard InChI is InChI=1S/C29H32Cl2F3N3O4/c1-14-9-15(7-8-17(14)27(40)41)37-25(29(32,33)34)18(12-35-37)26(39)36(16-10-19-20(11-16)28(19,2)3)13-23(38)24-21(30)5-4-6-22(24)31/h4-6,12,14-17,19-20H,7-11,13H2,1-3H3,(H,40,41)/t14-,15+,16-,17+,19-,20+/m1/s1. The van der Waals surface area contributed by atoms with Crippen LogP contribution in [0.2, 0.25) is 10.0 Å². The van der Waals surface area contributed by atoms with Gasteiger partial charge in [0.1, 0.15) is 0 Å². The number of alkyl halides is 3. The summed E-state index contributed by atoms with van der Waals surface area (Å²) >= 11 is 12.5. The number of ketones is 1. The zero-order chi connectivity index (χ0) is 30.0. The maximum absolute atomic E-state index is 14.6. The van der Waals surface area contributed by atoms with Crippen LogP contribution in [0.5, 0.6) is 0 Å². The lowest BCUT2D eigenvalue weighted by Crippen LogP contribution is -2.44. The average Bonchev–Trinajstić information content (AvgIpc) is 3.29. The van der Waals surface area contributed by atoms with Gasteiger partial charge in [0.25, 0.3) is 5.91 Å². The molecule has 0 unspecified atom stereocenters. The van der Waals surface area contributed by atoms with Crippen molar-refractivity contribution in [3.63, 3.8) is 0 Å². The molecule has 3 saturated carbocycles. The third-order valence-corrected chi connectivity index (χ3v) is 10.3. The normalized spacial score (nSPS) is 28.7. The van der Waals surface area contributed by atoms with Crippen molar-refractivity contribution in [1.29, 1.82) is 0 Å². The number of halogens is 5. The number of hydrogen-bond acceptors (Lipinski definition) is 4. The maximum atomic E-state index is 14.6. The highest BCUT2D eigenvalue weighted by Crippen LogP contribution is 2.67. The highest BCUT2D eigenvalue weighted by molar-refractivity contribution is 6.40. The lowest BCUT2D eigenvalue weighted by molar-refractivity contribution is -0.149. The van der Waals surface area contributed by atoms with Crippen molar-refractivity contribution >= 4 is 40.9 Å². The average molecular weight is 614 g/mol. The summed E-state index contributed by atoms with van der Waals surface area (Å²) < 4.78 is 44.6. The van der Waals surface area contributed by atoms with Gasteiger partial charge in [0.15, 0.2) is 11.5 Å². The van der Waals surface area contributed by atoms with Crippen LogP contribution in [0.15, 0.2) is 24.4 Å². The van der Waals surface area contributed by atoms with Gasteiger partial charge in [0.2, 0.25) is 0 Å². The SMILES string of the molecule is C[C@@H]1C[C@@H](n2ncc(C(=O)N(CC(=O)c3c(Cl)cccc3Cl)[C@@H]3C[C@@H]4[C@H](C3)C4(C)C)c2C(F)(F)F)CC[C@@H]1C(=O)O. The van der Waals surface area contributed by atoms with Crippen molar-refractivity contribution in [3.8, 4) is 0 Å². The van der Waals surface area contributed by atoms with Crippen molar-refractivity contribution in [1.82, 2.24) is 14.7 Å². The summed E-state index contributed by atoms with van der Waals surface area (Å²) in [6.45, 7) is 5.49. The first-order chi connectivity index (χ1) is 19.1. The van der Waals surface area contributed by atoms with Crippen LogP contribution in [0.4, 0.5) is 13.2 Å². The first kappa shape index (κ1) is 29.9. The van der Waals surface area contributed by atoms with E-state index in [1.165, 1.54) is 17.0 Å². The molecule has 3 aliphatic rings. The number of aromatic nitrogens is 2. The van der Waals surface area contributed by atoms with Crippen LogP contribution >= 0.6 is 23.2 Å². The summed E-state index contributed by atoms with van der Waals surface area (Å²) in [6, 6.07) is 3.42. The Balaban J connectivity index is 1.49. The van der Waals surface area contributed by atoms with Crippen LogP contribution in [0.25, 0.3) is 0 Å². The zero-order valence-electron chi connectivity index (χ0n) is 22.9. The molecule has 1 aromatic heterocycles. The number of fused-ring (bicyclic) bond motifs is 1. The molecule has 0 radical (unpaired) electrons. The highest BCUT2D eigenvalue weighted by Gasteiger charge is 2.63. The monoisotopic (exact) mass is 613 g/mol. The molecule has 6 atom stereocenters. The topological polar surface area (TPSA) is 92.5 Å². The number of hydrogen-bond donors (Lipinski definition) is 1. The van der Waals surface area contributed by atoms with Gasteiger partial charge in [-0.3, -0.25) is 19.1 Å². The Kier molecular flexibility index (Phi) is 7.72. The van der Waals surface area contributed by atoms with E-state index < -0.39 is 59.6 Å². The third kappa shape index (κ3) is 5.38. The first-order valence-corrected chi connectivity index (χ1v) is 14.5. The van der Waals surface area contributed by atoms with Gasteiger partial charge < -0.3 is 10.0 Å². The van der Waals surface area contributed by atoms with Crippen molar-refractivity contribution in [2.24, 2.45) is 29.1 Å². The minimum Gasteiger partial charge on any atom is -0.481 e. The molecule has 1 amide bonds. The van der Waals surface area contributed by atoms with Crippen molar-refractivity contribution in [2.75, 3.05) is 6.54 Å². The molecule has 0 spiro atoms. The predicted octanol–water partition coefficient (Wildman–Crippen LogP) is 7.03. The largest absolute Gasteiger partial charge is 0.481 e. The molecular weight excluding hydrogens is 582 g/mol. The first-order valence-electron chi connectivity index (χ1n) is 13.8. The lowest BCUT2D eigenvalue weighted by Gasteiger charge is -2.33. The molecule has 0 aliphatic heterocycles. The molecule has 5 rings (SSSR count). The molecule has 0 bridgehead atoms. The summed E-state index contributed by atoms with van der Waals surface area (Å²) in [4.78, 5) is 40.2. The van der Waals surface area contributed by atoms with E-state index in [4.69, 9.17) is 23.2 Å². The van der Waals surface area contributed by atoms with E-state index in [0.717, 1.165) is 10.9 Å². The minimum atomic E-state index is -4.91. The van der Waals surface area contributed by atoms with Crippen LogP contribution in [-0.4, -0.2) is 50.0 Å². The summed E-state index contributed by atoms with van der Waals surface area (Å²) in [5.74, 6) is -2.82. The molecule has 41 heavy (non-hydrogen) atoms. The number of carboxylic acid groups (broad SMARTS) is 1. The smallest absolute Gasteiger partial charge is 0.433 e. The number of carboxylic acids is 1. The lowest BCUT2D eigenvalue weighted by atomic mass is 9.78. The minimum absolute atomic E-state index is 0.0213. The fourth-order valence-corrected chi connectivity index (χ4v) is 7.89. The summed E-state index contributed by atoms with van der Waals surface area (Å²) in [5, 5.41) is 13.7. The van der Waals surface area contributed by atoms with Crippen LogP contribution in [0, 0.1) is 29.1 Å². The molecule has 7 nitrogen and oxygen atoms in total. The molecule has 3 aliphatic carbocycles. The van der Waals surface area contributed by atoms with E-state index >= 15 is 0 Å². The van der Waals surface area contributed by atoms with E-state index in [1.807, 2.05) is 0 Å².